The topological polar surface area (TPSA) is 72.6 Å². The van der Waals surface area contributed by atoms with Crippen molar-refractivity contribution in [1.29, 1.82) is 0 Å². The first-order valence-electron chi connectivity index (χ1n) is 9.36. The number of carbonyl (C=O) groups excluding carboxylic acids is 2. The molecule has 1 aliphatic rings. The van der Waals surface area contributed by atoms with E-state index in [0.717, 1.165) is 16.7 Å². The molecule has 0 unspecified atom stereocenters. The van der Waals surface area contributed by atoms with E-state index in [1.54, 1.807) is 11.0 Å². The molecule has 0 aliphatic carbocycles. The minimum absolute atomic E-state index is 0.0337. The fourth-order valence-corrected chi connectivity index (χ4v) is 3.89. The van der Waals surface area contributed by atoms with Crippen molar-refractivity contribution in [1.82, 2.24) is 4.90 Å². The Morgan fingerprint density at radius 2 is 1.86 bits per heavy atom. The van der Waals surface area contributed by atoms with Gasteiger partial charge in [-0.25, -0.2) is 4.39 Å². The van der Waals surface area contributed by atoms with Crippen molar-refractivity contribution in [2.24, 2.45) is 11.1 Å². The zero-order chi connectivity index (χ0) is 20.1. The number of carbonyl (C=O) groups is 2. The summed E-state index contributed by atoms with van der Waals surface area (Å²) in [5.74, 6) is -0.747. The Bertz CT molecular complexity index is 860. The lowest BCUT2D eigenvalue weighted by molar-refractivity contribution is -0.141. The standard InChI is InChI=1S/C22H25FN2O3/c1-28-15-20(26)25-11-9-22(10-12-25,21(24)27)14-17-5-2-3-8-19(17)16-6-4-7-18(23)13-16/h2-8,13H,9-12,14-15H2,1H3,(H2,24,27). The number of nitrogens with two attached hydrogens (primary N) is 1. The Hall–Kier alpha value is -2.73. The zero-order valence-corrected chi connectivity index (χ0v) is 16.0. The number of nitrogens with zero attached hydrogens (tertiary/aromatic N) is 1. The van der Waals surface area contributed by atoms with Gasteiger partial charge in [0, 0.05) is 20.2 Å². The maximum Gasteiger partial charge on any atom is 0.248 e. The van der Waals surface area contributed by atoms with Crippen LogP contribution in [-0.4, -0.2) is 43.5 Å². The summed E-state index contributed by atoms with van der Waals surface area (Å²) in [6, 6.07) is 14.1. The molecular weight excluding hydrogens is 359 g/mol. The average molecular weight is 384 g/mol. The molecule has 0 radical (unpaired) electrons. The van der Waals surface area contributed by atoms with Gasteiger partial charge in [0.2, 0.25) is 11.8 Å². The van der Waals surface area contributed by atoms with Crippen molar-refractivity contribution >= 4 is 11.8 Å². The van der Waals surface area contributed by atoms with Gasteiger partial charge in [0.15, 0.2) is 0 Å². The van der Waals surface area contributed by atoms with E-state index in [1.807, 2.05) is 30.3 Å². The number of ether oxygens (including phenoxy) is 1. The van der Waals surface area contributed by atoms with Gasteiger partial charge in [-0.15, -0.1) is 0 Å². The number of hydrogen-bond donors (Lipinski definition) is 1. The third-order valence-electron chi connectivity index (χ3n) is 5.55. The molecule has 3 rings (SSSR count). The molecule has 1 saturated heterocycles. The van der Waals surface area contributed by atoms with Gasteiger partial charge in [0.1, 0.15) is 12.4 Å². The van der Waals surface area contributed by atoms with Crippen molar-refractivity contribution < 1.29 is 18.7 Å². The molecule has 2 N–H and O–H groups in total. The molecule has 6 heteroatoms. The normalized spacial score (nSPS) is 16.0. The molecule has 5 nitrogen and oxygen atoms in total. The van der Waals surface area contributed by atoms with Crippen molar-refractivity contribution in [3.05, 3.63) is 59.9 Å². The minimum atomic E-state index is -0.729. The number of methoxy groups -OCH3 is 1. The van der Waals surface area contributed by atoms with Crippen LogP contribution in [0.25, 0.3) is 11.1 Å². The van der Waals surface area contributed by atoms with Crippen LogP contribution in [0.15, 0.2) is 48.5 Å². The number of piperidine rings is 1. The molecule has 0 spiro atoms. The minimum Gasteiger partial charge on any atom is -0.375 e. The van der Waals surface area contributed by atoms with Crippen LogP contribution in [0.5, 0.6) is 0 Å². The van der Waals surface area contributed by atoms with E-state index in [2.05, 4.69) is 0 Å². The second-order valence-corrected chi connectivity index (χ2v) is 7.30. The summed E-state index contributed by atoms with van der Waals surface area (Å²) < 4.78 is 18.6. The maximum atomic E-state index is 13.7. The highest BCUT2D eigenvalue weighted by molar-refractivity contribution is 5.83. The SMILES string of the molecule is COCC(=O)N1CCC(Cc2ccccc2-c2cccc(F)c2)(C(N)=O)CC1. The Kier molecular flexibility index (Phi) is 6.09. The summed E-state index contributed by atoms with van der Waals surface area (Å²) in [6.07, 6.45) is 1.45. The van der Waals surface area contributed by atoms with Crippen LogP contribution in [0.3, 0.4) is 0 Å². The lowest BCUT2D eigenvalue weighted by Crippen LogP contribution is -2.50. The van der Waals surface area contributed by atoms with E-state index in [-0.39, 0.29) is 24.2 Å². The number of benzene rings is 2. The Balaban J connectivity index is 1.85. The molecule has 1 aliphatic heterocycles. The molecule has 1 heterocycles. The summed E-state index contributed by atoms with van der Waals surface area (Å²) in [5, 5.41) is 0. The molecular formula is C22H25FN2O3. The Labute approximate surface area is 164 Å². The van der Waals surface area contributed by atoms with Crippen LogP contribution in [0, 0.1) is 11.2 Å². The lowest BCUT2D eigenvalue weighted by atomic mass is 9.72. The number of primary amides is 1. The largest absolute Gasteiger partial charge is 0.375 e. The van der Waals surface area contributed by atoms with Gasteiger partial charge in [-0.1, -0.05) is 36.4 Å². The molecule has 0 atom stereocenters. The predicted octanol–water partition coefficient (Wildman–Crippen LogP) is 2.78. The average Bonchev–Trinajstić information content (AvgIpc) is 2.69. The van der Waals surface area contributed by atoms with E-state index < -0.39 is 5.41 Å². The van der Waals surface area contributed by atoms with Crippen LogP contribution in [-0.2, 0) is 20.7 Å². The summed E-state index contributed by atoms with van der Waals surface area (Å²) >= 11 is 0. The molecule has 148 valence electrons. The first kappa shape index (κ1) is 20.0. The first-order valence-corrected chi connectivity index (χ1v) is 9.36. The van der Waals surface area contributed by atoms with Gasteiger partial charge in [-0.3, -0.25) is 9.59 Å². The van der Waals surface area contributed by atoms with Gasteiger partial charge < -0.3 is 15.4 Å². The fraction of sp³-hybridized carbons (Fsp3) is 0.364. The van der Waals surface area contributed by atoms with Crippen molar-refractivity contribution in [3.63, 3.8) is 0 Å². The quantitative estimate of drug-likeness (QED) is 0.832. The highest BCUT2D eigenvalue weighted by atomic mass is 19.1. The summed E-state index contributed by atoms with van der Waals surface area (Å²) in [5.41, 5.74) is 7.69. The van der Waals surface area contributed by atoms with E-state index in [1.165, 1.54) is 19.2 Å². The van der Waals surface area contributed by atoms with Gasteiger partial charge in [-0.05, 0) is 48.1 Å². The molecule has 0 aromatic heterocycles. The van der Waals surface area contributed by atoms with E-state index in [4.69, 9.17) is 10.5 Å². The molecule has 28 heavy (non-hydrogen) atoms. The highest BCUT2D eigenvalue weighted by Gasteiger charge is 2.41. The van der Waals surface area contributed by atoms with Gasteiger partial charge in [-0.2, -0.15) is 0 Å². The molecule has 2 aromatic rings. The van der Waals surface area contributed by atoms with E-state index in [9.17, 15) is 14.0 Å². The highest BCUT2D eigenvalue weighted by Crippen LogP contribution is 2.38. The molecule has 0 saturated carbocycles. The van der Waals surface area contributed by atoms with Crippen molar-refractivity contribution in [2.75, 3.05) is 26.8 Å². The third-order valence-corrected chi connectivity index (χ3v) is 5.55. The third kappa shape index (κ3) is 4.22. The number of amides is 2. The van der Waals surface area contributed by atoms with Gasteiger partial charge in [0.05, 0.1) is 5.41 Å². The number of likely N-dealkylation sites (tertiary alicyclic amines) is 1. The van der Waals surface area contributed by atoms with Crippen LogP contribution < -0.4 is 5.73 Å². The van der Waals surface area contributed by atoms with E-state index >= 15 is 0 Å². The molecule has 0 bridgehead atoms. The second kappa shape index (κ2) is 8.52. The first-order chi connectivity index (χ1) is 13.4. The lowest BCUT2D eigenvalue weighted by Gasteiger charge is -2.40. The molecule has 2 amide bonds. The number of rotatable bonds is 6. The van der Waals surface area contributed by atoms with Crippen LogP contribution in [0.1, 0.15) is 18.4 Å². The fourth-order valence-electron chi connectivity index (χ4n) is 3.89. The Morgan fingerprint density at radius 3 is 2.50 bits per heavy atom. The predicted molar refractivity (Wildman–Crippen MR) is 105 cm³/mol. The second-order valence-electron chi connectivity index (χ2n) is 7.30. The van der Waals surface area contributed by atoms with Gasteiger partial charge in [0.25, 0.3) is 0 Å². The maximum absolute atomic E-state index is 13.7. The van der Waals surface area contributed by atoms with Crippen LogP contribution >= 0.6 is 0 Å². The van der Waals surface area contributed by atoms with Crippen LogP contribution in [0.4, 0.5) is 4.39 Å². The Morgan fingerprint density at radius 1 is 1.14 bits per heavy atom. The monoisotopic (exact) mass is 384 g/mol. The summed E-state index contributed by atoms with van der Waals surface area (Å²) in [4.78, 5) is 26.2. The van der Waals surface area contributed by atoms with Gasteiger partial charge >= 0.3 is 0 Å². The van der Waals surface area contributed by atoms with Crippen molar-refractivity contribution in [2.45, 2.75) is 19.3 Å². The number of hydrogen-bond acceptors (Lipinski definition) is 3. The van der Waals surface area contributed by atoms with Crippen molar-refractivity contribution in [3.8, 4) is 11.1 Å². The van der Waals surface area contributed by atoms with E-state index in [0.29, 0.717) is 32.4 Å². The summed E-state index contributed by atoms with van der Waals surface area (Å²) in [6.45, 7) is 0.965. The molecule has 1 fully saturated rings. The number of halogens is 1. The molecule has 2 aromatic carbocycles. The smallest absolute Gasteiger partial charge is 0.248 e. The zero-order valence-electron chi connectivity index (χ0n) is 16.0. The van der Waals surface area contributed by atoms with Crippen LogP contribution in [0.2, 0.25) is 0 Å². The summed E-state index contributed by atoms with van der Waals surface area (Å²) in [7, 11) is 1.49.